The van der Waals surface area contributed by atoms with Crippen LogP contribution in [0.3, 0.4) is 0 Å². The molecule has 0 aromatic heterocycles. The number of benzene rings is 1. The van der Waals surface area contributed by atoms with Gasteiger partial charge in [0.15, 0.2) is 0 Å². The molecule has 0 radical (unpaired) electrons. The number of hydrogen-bond acceptors (Lipinski definition) is 3. The van der Waals surface area contributed by atoms with Crippen molar-refractivity contribution < 1.29 is 4.57 Å². The lowest BCUT2D eigenvalue weighted by Crippen LogP contribution is -2.06. The highest BCUT2D eigenvalue weighted by Gasteiger charge is 2.08. The average molecular weight is 198 g/mol. The van der Waals surface area contributed by atoms with Crippen LogP contribution in [0, 0.1) is 0 Å². The van der Waals surface area contributed by atoms with Crippen LogP contribution < -0.4 is 11.3 Å². The Balaban J connectivity index is 2.84. The zero-order valence-electron chi connectivity index (χ0n) is 7.95. The number of nitrogens with two attached hydrogens (primary N) is 1. The molecule has 0 amide bonds. The van der Waals surface area contributed by atoms with E-state index < -0.39 is 7.14 Å². The van der Waals surface area contributed by atoms with Crippen molar-refractivity contribution in [1.82, 2.24) is 0 Å². The molecule has 0 aliphatic heterocycles. The minimum Gasteiger partial charge on any atom is -0.324 e. The first-order valence-corrected chi connectivity index (χ1v) is 6.89. The van der Waals surface area contributed by atoms with Crippen LogP contribution in [-0.4, -0.2) is 13.3 Å². The summed E-state index contributed by atoms with van der Waals surface area (Å²) in [5.41, 5.74) is 4.48. The van der Waals surface area contributed by atoms with Crippen molar-refractivity contribution in [2.45, 2.75) is 6.16 Å². The molecule has 13 heavy (non-hydrogen) atoms. The molecule has 1 aromatic carbocycles. The van der Waals surface area contributed by atoms with Gasteiger partial charge in [-0.15, -0.1) is 0 Å². The molecule has 1 aromatic rings. The summed E-state index contributed by atoms with van der Waals surface area (Å²) in [6.07, 6.45) is 0.627. The zero-order chi connectivity index (χ0) is 9.90. The van der Waals surface area contributed by atoms with Crippen molar-refractivity contribution in [2.24, 2.45) is 5.84 Å². The van der Waals surface area contributed by atoms with Crippen molar-refractivity contribution >= 4 is 12.8 Å². The van der Waals surface area contributed by atoms with Gasteiger partial charge in [0.2, 0.25) is 0 Å². The lowest BCUT2D eigenvalue weighted by atomic mass is 10.2. The van der Waals surface area contributed by atoms with Crippen LogP contribution in [0.25, 0.3) is 0 Å². The smallest absolute Gasteiger partial charge is 0.0861 e. The predicted octanol–water partition coefficient (Wildman–Crippen LogP) is 2.09. The Labute approximate surface area is 78.7 Å². The standard InChI is InChI=1S/C9H15N2OP/c1-13(2,12)7-8-4-3-5-9(6-8)11-10/h3-6,11H,7,10H2,1-2H3. The summed E-state index contributed by atoms with van der Waals surface area (Å²) in [6.45, 7) is 3.57. The van der Waals surface area contributed by atoms with Crippen molar-refractivity contribution in [3.8, 4) is 0 Å². The summed E-state index contributed by atoms with van der Waals surface area (Å²) in [4.78, 5) is 0. The quantitative estimate of drug-likeness (QED) is 0.444. The first-order valence-electron chi connectivity index (χ1n) is 4.11. The van der Waals surface area contributed by atoms with Crippen LogP contribution in [0.1, 0.15) is 5.56 Å². The first-order chi connectivity index (χ1) is 6.01. The summed E-state index contributed by atoms with van der Waals surface area (Å²) in [5, 5.41) is 0. The van der Waals surface area contributed by atoms with E-state index in [0.29, 0.717) is 6.16 Å². The van der Waals surface area contributed by atoms with Crippen molar-refractivity contribution in [3.05, 3.63) is 29.8 Å². The number of rotatable bonds is 3. The van der Waals surface area contributed by atoms with E-state index in [1.165, 1.54) is 0 Å². The largest absolute Gasteiger partial charge is 0.324 e. The minimum atomic E-state index is -1.99. The van der Waals surface area contributed by atoms with Crippen molar-refractivity contribution in [1.29, 1.82) is 0 Å². The number of hydrogen-bond donors (Lipinski definition) is 2. The minimum absolute atomic E-state index is 0.627. The Bertz CT molecular complexity index is 332. The molecule has 0 saturated heterocycles. The van der Waals surface area contributed by atoms with Crippen LogP contribution in [0.15, 0.2) is 24.3 Å². The van der Waals surface area contributed by atoms with Gasteiger partial charge >= 0.3 is 0 Å². The van der Waals surface area contributed by atoms with Gasteiger partial charge < -0.3 is 9.99 Å². The molecule has 3 N–H and O–H groups in total. The molecule has 0 fully saturated rings. The van der Waals surface area contributed by atoms with E-state index in [-0.39, 0.29) is 0 Å². The second kappa shape index (κ2) is 3.95. The van der Waals surface area contributed by atoms with Gasteiger partial charge in [0, 0.05) is 11.8 Å². The maximum atomic E-state index is 11.5. The van der Waals surface area contributed by atoms with Gasteiger partial charge in [0.25, 0.3) is 0 Å². The fourth-order valence-corrected chi connectivity index (χ4v) is 2.28. The maximum absolute atomic E-state index is 11.5. The molecule has 0 saturated carbocycles. The third-order valence-corrected chi connectivity index (χ3v) is 2.78. The van der Waals surface area contributed by atoms with E-state index >= 15 is 0 Å². The topological polar surface area (TPSA) is 55.1 Å². The van der Waals surface area contributed by atoms with Gasteiger partial charge in [0.05, 0.1) is 7.14 Å². The highest BCUT2D eigenvalue weighted by molar-refractivity contribution is 7.61. The lowest BCUT2D eigenvalue weighted by molar-refractivity contribution is 0.582. The molecule has 72 valence electrons. The van der Waals surface area contributed by atoms with E-state index in [1.807, 2.05) is 24.3 Å². The first kappa shape index (κ1) is 10.3. The predicted molar refractivity (Wildman–Crippen MR) is 57.4 cm³/mol. The van der Waals surface area contributed by atoms with Gasteiger partial charge in [-0.05, 0) is 31.0 Å². The van der Waals surface area contributed by atoms with E-state index in [4.69, 9.17) is 5.84 Å². The van der Waals surface area contributed by atoms with Gasteiger partial charge in [0.1, 0.15) is 0 Å². The lowest BCUT2D eigenvalue weighted by Gasteiger charge is -2.07. The van der Waals surface area contributed by atoms with E-state index in [1.54, 1.807) is 13.3 Å². The Kier molecular flexibility index (Phi) is 3.12. The van der Waals surface area contributed by atoms with Gasteiger partial charge in [-0.2, -0.15) is 0 Å². The summed E-state index contributed by atoms with van der Waals surface area (Å²) < 4.78 is 11.5. The van der Waals surface area contributed by atoms with E-state index in [9.17, 15) is 4.57 Å². The summed E-state index contributed by atoms with van der Waals surface area (Å²) in [7, 11) is -1.99. The molecule has 0 aliphatic carbocycles. The maximum Gasteiger partial charge on any atom is 0.0861 e. The summed E-state index contributed by atoms with van der Waals surface area (Å²) in [6, 6.07) is 7.65. The Hall–Kier alpha value is -0.790. The van der Waals surface area contributed by atoms with Crippen LogP contribution in [0.5, 0.6) is 0 Å². The molecular formula is C9H15N2OP. The molecule has 0 aliphatic rings. The molecule has 0 unspecified atom stereocenters. The summed E-state index contributed by atoms with van der Waals surface area (Å²) in [5.74, 6) is 5.26. The molecule has 1 rings (SSSR count). The molecule has 0 spiro atoms. The molecular weight excluding hydrogens is 183 g/mol. The highest BCUT2D eigenvalue weighted by Crippen LogP contribution is 2.40. The number of nitrogen functional groups attached to an aromatic ring is 1. The molecule has 0 atom stereocenters. The van der Waals surface area contributed by atoms with Crippen LogP contribution in [0.4, 0.5) is 5.69 Å². The van der Waals surface area contributed by atoms with Crippen LogP contribution in [0.2, 0.25) is 0 Å². The van der Waals surface area contributed by atoms with Crippen LogP contribution >= 0.6 is 7.14 Å². The Morgan fingerprint density at radius 1 is 1.46 bits per heavy atom. The third-order valence-electron chi connectivity index (χ3n) is 1.66. The van der Waals surface area contributed by atoms with Gasteiger partial charge in [-0.3, -0.25) is 5.84 Å². The van der Waals surface area contributed by atoms with E-state index in [2.05, 4.69) is 5.43 Å². The molecule has 4 heteroatoms. The fraction of sp³-hybridized carbons (Fsp3) is 0.333. The number of nitrogens with one attached hydrogen (secondary N) is 1. The SMILES string of the molecule is CP(C)(=O)Cc1cccc(NN)c1. The van der Waals surface area contributed by atoms with Crippen molar-refractivity contribution in [2.75, 3.05) is 18.8 Å². The monoisotopic (exact) mass is 198 g/mol. The number of anilines is 1. The van der Waals surface area contributed by atoms with Gasteiger partial charge in [-0.25, -0.2) is 0 Å². The average Bonchev–Trinajstić information content (AvgIpc) is 2.01. The normalized spacial score (nSPS) is 11.3. The second-order valence-electron chi connectivity index (χ2n) is 3.58. The Morgan fingerprint density at radius 3 is 2.69 bits per heavy atom. The molecule has 0 heterocycles. The fourth-order valence-electron chi connectivity index (χ4n) is 1.20. The highest BCUT2D eigenvalue weighted by atomic mass is 31.2. The van der Waals surface area contributed by atoms with Crippen molar-refractivity contribution in [3.63, 3.8) is 0 Å². The third kappa shape index (κ3) is 3.62. The number of hydrazine groups is 1. The molecule has 3 nitrogen and oxygen atoms in total. The second-order valence-corrected chi connectivity index (χ2v) is 7.04. The van der Waals surface area contributed by atoms with Gasteiger partial charge in [-0.1, -0.05) is 12.1 Å². The van der Waals surface area contributed by atoms with E-state index in [0.717, 1.165) is 11.3 Å². The summed E-state index contributed by atoms with van der Waals surface area (Å²) >= 11 is 0. The molecule has 0 bridgehead atoms. The Morgan fingerprint density at radius 2 is 2.15 bits per heavy atom. The zero-order valence-corrected chi connectivity index (χ0v) is 8.84. The van der Waals surface area contributed by atoms with Crippen LogP contribution in [-0.2, 0) is 10.7 Å².